The molecular weight excluding hydrogens is 346 g/mol. The standard InChI is InChI=1S/C20H21N3O4/c1-14-6-2-5-9-17(14)27-13-11-21-18(24)10-12-23-16-8-4-3-7-15(16)19(25)22-20(23)26/h2-9H,10-13H2,1H3,(H,21,24)(H,22,25,26). The lowest BCUT2D eigenvalue weighted by Gasteiger charge is -2.11. The van der Waals surface area contributed by atoms with Crippen LogP contribution in [0.5, 0.6) is 5.75 Å². The first kappa shape index (κ1) is 18.4. The van der Waals surface area contributed by atoms with Gasteiger partial charge in [0.1, 0.15) is 12.4 Å². The van der Waals surface area contributed by atoms with Gasteiger partial charge in [-0.3, -0.25) is 19.1 Å². The van der Waals surface area contributed by atoms with Crippen LogP contribution >= 0.6 is 0 Å². The van der Waals surface area contributed by atoms with Crippen LogP contribution in [-0.4, -0.2) is 28.6 Å². The Kier molecular flexibility index (Phi) is 5.71. The molecule has 140 valence electrons. The molecule has 2 N–H and O–H groups in total. The van der Waals surface area contributed by atoms with E-state index in [9.17, 15) is 14.4 Å². The highest BCUT2D eigenvalue weighted by Crippen LogP contribution is 2.15. The summed E-state index contributed by atoms with van der Waals surface area (Å²) in [7, 11) is 0. The molecule has 1 aromatic heterocycles. The van der Waals surface area contributed by atoms with Crippen molar-refractivity contribution in [1.82, 2.24) is 14.9 Å². The number of hydrogen-bond acceptors (Lipinski definition) is 4. The summed E-state index contributed by atoms with van der Waals surface area (Å²) in [6.45, 7) is 2.87. The number of rotatable bonds is 7. The summed E-state index contributed by atoms with van der Waals surface area (Å²) in [6, 6.07) is 14.5. The third-order valence-corrected chi connectivity index (χ3v) is 4.24. The van der Waals surface area contributed by atoms with Crippen LogP contribution in [0.25, 0.3) is 10.9 Å². The number of H-pyrrole nitrogens is 1. The Morgan fingerprint density at radius 3 is 2.67 bits per heavy atom. The minimum atomic E-state index is -0.519. The first-order valence-corrected chi connectivity index (χ1v) is 8.73. The van der Waals surface area contributed by atoms with Crippen LogP contribution in [0.3, 0.4) is 0 Å². The van der Waals surface area contributed by atoms with Crippen LogP contribution in [0.2, 0.25) is 0 Å². The van der Waals surface area contributed by atoms with Gasteiger partial charge in [-0.05, 0) is 30.7 Å². The average Bonchev–Trinajstić information content (AvgIpc) is 2.66. The Labute approximate surface area is 155 Å². The van der Waals surface area contributed by atoms with Crippen molar-refractivity contribution in [3.05, 3.63) is 74.9 Å². The summed E-state index contributed by atoms with van der Waals surface area (Å²) in [5.41, 5.74) is 0.606. The molecule has 0 bridgehead atoms. The second-order valence-electron chi connectivity index (χ2n) is 6.14. The molecule has 7 nitrogen and oxygen atoms in total. The Hall–Kier alpha value is -3.35. The molecule has 0 aliphatic rings. The van der Waals surface area contributed by atoms with Crippen molar-refractivity contribution in [3.63, 3.8) is 0 Å². The van der Waals surface area contributed by atoms with Crippen LogP contribution in [0.15, 0.2) is 58.1 Å². The minimum absolute atomic E-state index is 0.125. The smallest absolute Gasteiger partial charge is 0.328 e. The zero-order valence-electron chi connectivity index (χ0n) is 15.0. The topological polar surface area (TPSA) is 93.2 Å². The molecule has 2 aromatic carbocycles. The highest BCUT2D eigenvalue weighted by molar-refractivity contribution is 5.78. The van der Waals surface area contributed by atoms with E-state index in [2.05, 4.69) is 10.3 Å². The first-order valence-electron chi connectivity index (χ1n) is 8.73. The van der Waals surface area contributed by atoms with E-state index in [0.29, 0.717) is 24.1 Å². The summed E-state index contributed by atoms with van der Waals surface area (Å²) in [6.07, 6.45) is 0.125. The molecule has 0 fully saturated rings. The molecule has 0 aliphatic carbocycles. The number of nitrogens with one attached hydrogen (secondary N) is 2. The number of benzene rings is 2. The molecular formula is C20H21N3O4. The third kappa shape index (κ3) is 4.44. The fraction of sp³-hybridized carbons (Fsp3) is 0.250. The summed E-state index contributed by atoms with van der Waals surface area (Å²) in [5.74, 6) is 0.601. The normalized spacial score (nSPS) is 10.7. The van der Waals surface area contributed by atoms with Gasteiger partial charge in [0.15, 0.2) is 0 Å². The molecule has 3 rings (SSSR count). The number of fused-ring (bicyclic) bond motifs is 1. The van der Waals surface area contributed by atoms with Gasteiger partial charge in [-0.15, -0.1) is 0 Å². The largest absolute Gasteiger partial charge is 0.491 e. The van der Waals surface area contributed by atoms with Crippen LogP contribution < -0.4 is 21.3 Å². The van der Waals surface area contributed by atoms with Crippen molar-refractivity contribution in [2.24, 2.45) is 0 Å². The zero-order chi connectivity index (χ0) is 19.2. The van der Waals surface area contributed by atoms with E-state index in [0.717, 1.165) is 11.3 Å². The summed E-state index contributed by atoms with van der Waals surface area (Å²) < 4.78 is 7.03. The van der Waals surface area contributed by atoms with E-state index < -0.39 is 11.2 Å². The van der Waals surface area contributed by atoms with E-state index in [4.69, 9.17) is 4.74 Å². The summed E-state index contributed by atoms with van der Waals surface area (Å²) >= 11 is 0. The molecule has 0 unspecified atom stereocenters. The summed E-state index contributed by atoms with van der Waals surface area (Å²) in [4.78, 5) is 38.3. The lowest BCUT2D eigenvalue weighted by molar-refractivity contribution is -0.121. The summed E-state index contributed by atoms with van der Waals surface area (Å²) in [5, 5.41) is 3.19. The van der Waals surface area contributed by atoms with Gasteiger partial charge < -0.3 is 10.1 Å². The fourth-order valence-corrected chi connectivity index (χ4v) is 2.84. The van der Waals surface area contributed by atoms with Crippen LogP contribution in [0, 0.1) is 6.92 Å². The number of amides is 1. The molecule has 0 saturated carbocycles. The number of nitrogens with zero attached hydrogens (tertiary/aromatic N) is 1. The number of aromatic amines is 1. The molecule has 0 atom stereocenters. The first-order chi connectivity index (χ1) is 13.1. The maximum Gasteiger partial charge on any atom is 0.328 e. The number of aryl methyl sites for hydroxylation is 2. The highest BCUT2D eigenvalue weighted by Gasteiger charge is 2.09. The van der Waals surface area contributed by atoms with Gasteiger partial charge in [0.05, 0.1) is 17.4 Å². The molecule has 1 heterocycles. The molecule has 0 spiro atoms. The Bertz CT molecular complexity index is 1070. The molecule has 27 heavy (non-hydrogen) atoms. The second-order valence-corrected chi connectivity index (χ2v) is 6.14. The average molecular weight is 367 g/mol. The number of carbonyl (C=O) groups is 1. The van der Waals surface area contributed by atoms with E-state index in [-0.39, 0.29) is 18.9 Å². The minimum Gasteiger partial charge on any atom is -0.491 e. The zero-order valence-corrected chi connectivity index (χ0v) is 15.0. The van der Waals surface area contributed by atoms with Crippen molar-refractivity contribution in [2.75, 3.05) is 13.2 Å². The van der Waals surface area contributed by atoms with Crippen LogP contribution in [0.4, 0.5) is 0 Å². The predicted octanol–water partition coefficient (Wildman–Crippen LogP) is 1.58. The van der Waals surface area contributed by atoms with Gasteiger partial charge in [0.25, 0.3) is 5.56 Å². The SMILES string of the molecule is Cc1ccccc1OCCNC(=O)CCn1c(=O)[nH]c(=O)c2ccccc21. The Balaban J connectivity index is 1.54. The van der Waals surface area contributed by atoms with Crippen molar-refractivity contribution in [1.29, 1.82) is 0 Å². The molecule has 3 aromatic rings. The van der Waals surface area contributed by atoms with Crippen molar-refractivity contribution < 1.29 is 9.53 Å². The highest BCUT2D eigenvalue weighted by atomic mass is 16.5. The van der Waals surface area contributed by atoms with Gasteiger partial charge in [-0.25, -0.2) is 4.79 Å². The number of carbonyl (C=O) groups excluding carboxylic acids is 1. The van der Waals surface area contributed by atoms with E-state index in [1.807, 2.05) is 31.2 Å². The van der Waals surface area contributed by atoms with E-state index >= 15 is 0 Å². The van der Waals surface area contributed by atoms with Gasteiger partial charge >= 0.3 is 5.69 Å². The van der Waals surface area contributed by atoms with E-state index in [1.54, 1.807) is 24.3 Å². The number of hydrogen-bond donors (Lipinski definition) is 2. The van der Waals surface area contributed by atoms with Gasteiger partial charge in [0.2, 0.25) is 5.91 Å². The predicted molar refractivity (Wildman–Crippen MR) is 103 cm³/mol. The lowest BCUT2D eigenvalue weighted by Crippen LogP contribution is -2.33. The van der Waals surface area contributed by atoms with E-state index in [1.165, 1.54) is 4.57 Å². The monoisotopic (exact) mass is 367 g/mol. The van der Waals surface area contributed by atoms with Gasteiger partial charge in [0, 0.05) is 13.0 Å². The molecule has 0 saturated heterocycles. The molecule has 0 aliphatic heterocycles. The maximum absolute atomic E-state index is 12.1. The number of para-hydroxylation sites is 2. The van der Waals surface area contributed by atoms with Crippen LogP contribution in [-0.2, 0) is 11.3 Å². The number of ether oxygens (including phenoxy) is 1. The quantitative estimate of drug-likeness (QED) is 0.620. The number of aromatic nitrogens is 2. The van der Waals surface area contributed by atoms with Crippen LogP contribution in [0.1, 0.15) is 12.0 Å². The molecule has 1 amide bonds. The third-order valence-electron chi connectivity index (χ3n) is 4.24. The molecule has 7 heteroatoms. The van der Waals surface area contributed by atoms with Gasteiger partial charge in [-0.1, -0.05) is 30.3 Å². The van der Waals surface area contributed by atoms with Crippen molar-refractivity contribution in [3.8, 4) is 5.75 Å². The van der Waals surface area contributed by atoms with Gasteiger partial charge in [-0.2, -0.15) is 0 Å². The second kappa shape index (κ2) is 8.35. The van der Waals surface area contributed by atoms with Crippen molar-refractivity contribution in [2.45, 2.75) is 19.9 Å². The Morgan fingerprint density at radius 2 is 1.85 bits per heavy atom. The van der Waals surface area contributed by atoms with Crippen molar-refractivity contribution >= 4 is 16.8 Å². The Morgan fingerprint density at radius 1 is 1.11 bits per heavy atom. The fourth-order valence-electron chi connectivity index (χ4n) is 2.84. The maximum atomic E-state index is 12.1. The molecule has 0 radical (unpaired) electrons. The lowest BCUT2D eigenvalue weighted by atomic mass is 10.2.